The smallest absolute Gasteiger partial charge is 0.124 e. The van der Waals surface area contributed by atoms with Crippen molar-refractivity contribution < 1.29 is 13.0 Å². The van der Waals surface area contributed by atoms with E-state index < -0.39 is 17.4 Å². The SMILES string of the molecule is CCCCCCCCCCCCCC[P+](CCCCCC)(CCCCCC)CCCCCC.Cc1cccc(S(=O)(=O)[O-])c1C. The van der Waals surface area contributed by atoms with Crippen molar-refractivity contribution in [3.63, 3.8) is 0 Å². The third-order valence-corrected chi connectivity index (χ3v) is 15.8. The second kappa shape index (κ2) is 29.7. The highest BCUT2D eigenvalue weighted by molar-refractivity contribution is 7.85. The molecule has 0 unspecified atom stereocenters. The second-order valence-electron chi connectivity index (χ2n) is 14.0. The summed E-state index contributed by atoms with van der Waals surface area (Å²) in [7, 11) is -5.00. The number of hydrogen-bond acceptors (Lipinski definition) is 3. The minimum atomic E-state index is -4.31. The maximum absolute atomic E-state index is 10.7. The molecule has 1 aromatic rings. The molecule has 0 spiro atoms. The molecule has 0 aliphatic heterocycles. The number of aryl methyl sites for hydroxylation is 1. The molecular formula is C40H77O3PS. The number of unbranched alkanes of at least 4 members (excludes halogenated alkanes) is 20. The monoisotopic (exact) mass is 669 g/mol. The van der Waals surface area contributed by atoms with Gasteiger partial charge in [0.25, 0.3) is 0 Å². The fourth-order valence-corrected chi connectivity index (χ4v) is 12.3. The summed E-state index contributed by atoms with van der Waals surface area (Å²) in [6.07, 6.45) is 42.1. The third kappa shape index (κ3) is 24.4. The zero-order valence-electron chi connectivity index (χ0n) is 31.1. The molecule has 0 N–H and O–H groups in total. The highest BCUT2D eigenvalue weighted by Crippen LogP contribution is 2.61. The van der Waals surface area contributed by atoms with Crippen LogP contribution in [-0.2, 0) is 10.1 Å². The van der Waals surface area contributed by atoms with Gasteiger partial charge in [0.2, 0.25) is 0 Å². The van der Waals surface area contributed by atoms with Crippen LogP contribution in [0.1, 0.15) is 193 Å². The molecule has 3 nitrogen and oxygen atoms in total. The van der Waals surface area contributed by atoms with Gasteiger partial charge in [0.15, 0.2) is 0 Å². The van der Waals surface area contributed by atoms with Gasteiger partial charge in [-0.1, -0.05) is 143 Å². The van der Waals surface area contributed by atoms with Gasteiger partial charge >= 0.3 is 0 Å². The van der Waals surface area contributed by atoms with Gasteiger partial charge in [0.05, 0.1) is 29.5 Å². The van der Waals surface area contributed by atoms with Crippen LogP contribution in [0, 0.1) is 13.8 Å². The van der Waals surface area contributed by atoms with Crippen LogP contribution in [0.2, 0.25) is 0 Å². The molecule has 0 amide bonds. The van der Waals surface area contributed by atoms with Gasteiger partial charge in [-0.25, -0.2) is 8.42 Å². The van der Waals surface area contributed by atoms with E-state index in [0.29, 0.717) is 5.56 Å². The summed E-state index contributed by atoms with van der Waals surface area (Å²) in [5.41, 5.74) is 1.35. The molecule has 45 heavy (non-hydrogen) atoms. The summed E-state index contributed by atoms with van der Waals surface area (Å²) >= 11 is 0. The van der Waals surface area contributed by atoms with Crippen molar-refractivity contribution >= 4 is 17.4 Å². The van der Waals surface area contributed by atoms with E-state index in [1.54, 1.807) is 76.3 Å². The molecule has 0 aliphatic rings. The summed E-state index contributed by atoms with van der Waals surface area (Å²) in [4.78, 5) is -0.123. The molecule has 1 rings (SSSR count). The van der Waals surface area contributed by atoms with E-state index in [4.69, 9.17) is 0 Å². The van der Waals surface area contributed by atoms with Crippen LogP contribution in [0.4, 0.5) is 0 Å². The highest BCUT2D eigenvalue weighted by atomic mass is 32.2. The van der Waals surface area contributed by atoms with E-state index in [2.05, 4.69) is 27.7 Å². The van der Waals surface area contributed by atoms with E-state index in [-0.39, 0.29) is 4.90 Å². The lowest BCUT2D eigenvalue weighted by Gasteiger charge is -2.28. The normalized spacial score (nSPS) is 11.9. The highest BCUT2D eigenvalue weighted by Gasteiger charge is 2.34. The van der Waals surface area contributed by atoms with E-state index >= 15 is 0 Å². The zero-order valence-corrected chi connectivity index (χ0v) is 32.8. The second-order valence-corrected chi connectivity index (χ2v) is 19.8. The topological polar surface area (TPSA) is 57.2 Å². The lowest BCUT2D eigenvalue weighted by Crippen LogP contribution is -2.13. The average Bonchev–Trinajstić information content (AvgIpc) is 3.01. The fourth-order valence-electron chi connectivity index (χ4n) is 6.58. The Labute approximate surface area is 284 Å². The summed E-state index contributed by atoms with van der Waals surface area (Å²) in [6.45, 7) is 12.8. The quantitative estimate of drug-likeness (QED) is 0.0485. The Morgan fingerprint density at radius 1 is 0.489 bits per heavy atom. The summed E-state index contributed by atoms with van der Waals surface area (Å²) in [5, 5.41) is 0. The Hall–Kier alpha value is -0.440. The van der Waals surface area contributed by atoms with Crippen molar-refractivity contribution in [1.29, 1.82) is 0 Å². The summed E-state index contributed by atoms with van der Waals surface area (Å²) in [6, 6.07) is 4.65. The first-order valence-corrected chi connectivity index (χ1v) is 23.5. The molecule has 0 atom stereocenters. The van der Waals surface area contributed by atoms with E-state index in [0.717, 1.165) is 5.56 Å². The van der Waals surface area contributed by atoms with Gasteiger partial charge in [0.1, 0.15) is 10.1 Å². The molecule has 266 valence electrons. The standard InChI is InChI=1S/C32H68P.C8H10O3S/c1-5-9-13-17-18-19-20-21-22-23-24-28-32-33(29-25-14-10-6-2,30-26-15-11-7-3)31-27-16-12-8-4;1-6-4-3-5-8(7(6)2)12(9,10)11/h5-32H2,1-4H3;3-5H,1-2H3,(H,9,10,11)/q+1;/p-1. The number of benzene rings is 1. The largest absolute Gasteiger partial charge is 0.744 e. The van der Waals surface area contributed by atoms with Crippen LogP contribution in [0.15, 0.2) is 23.1 Å². The van der Waals surface area contributed by atoms with Crippen LogP contribution in [0.25, 0.3) is 0 Å². The first-order valence-electron chi connectivity index (χ1n) is 19.5. The van der Waals surface area contributed by atoms with E-state index in [9.17, 15) is 13.0 Å². The van der Waals surface area contributed by atoms with Crippen molar-refractivity contribution in [3.05, 3.63) is 29.3 Å². The molecule has 5 heteroatoms. The Kier molecular flexibility index (Phi) is 29.4. The molecule has 0 radical (unpaired) electrons. The Morgan fingerprint density at radius 2 is 0.778 bits per heavy atom. The maximum atomic E-state index is 10.7. The van der Waals surface area contributed by atoms with Crippen molar-refractivity contribution in [3.8, 4) is 0 Å². The molecule has 0 fully saturated rings. The third-order valence-electron chi connectivity index (χ3n) is 9.77. The fraction of sp³-hybridized carbons (Fsp3) is 0.850. The zero-order chi connectivity index (χ0) is 33.7. The summed E-state index contributed by atoms with van der Waals surface area (Å²) < 4.78 is 32.0. The summed E-state index contributed by atoms with van der Waals surface area (Å²) in [5.74, 6) is 0. The number of hydrogen-bond donors (Lipinski definition) is 0. The molecule has 0 aliphatic carbocycles. The molecular weight excluding hydrogens is 591 g/mol. The van der Waals surface area contributed by atoms with E-state index in [1.807, 2.05) is 0 Å². The number of rotatable bonds is 29. The maximum Gasteiger partial charge on any atom is 0.124 e. The van der Waals surface area contributed by atoms with Crippen LogP contribution in [0.3, 0.4) is 0 Å². The molecule has 0 aromatic heterocycles. The van der Waals surface area contributed by atoms with Gasteiger partial charge < -0.3 is 4.55 Å². The Balaban J connectivity index is 0.00000133. The lowest BCUT2D eigenvalue weighted by molar-refractivity contribution is 0.462. The van der Waals surface area contributed by atoms with E-state index in [1.165, 1.54) is 134 Å². The van der Waals surface area contributed by atoms with Gasteiger partial charge in [-0.3, -0.25) is 0 Å². The van der Waals surface area contributed by atoms with Crippen molar-refractivity contribution in [1.82, 2.24) is 0 Å². The van der Waals surface area contributed by atoms with Crippen LogP contribution >= 0.6 is 7.26 Å². The van der Waals surface area contributed by atoms with Crippen molar-refractivity contribution in [2.24, 2.45) is 0 Å². The van der Waals surface area contributed by atoms with Gasteiger partial charge in [0, 0.05) is 7.26 Å². The minimum absolute atomic E-state index is 0.123. The molecule has 0 saturated heterocycles. The van der Waals surface area contributed by atoms with Crippen molar-refractivity contribution in [2.45, 2.75) is 201 Å². The van der Waals surface area contributed by atoms with Gasteiger partial charge in [-0.05, 0) is 82.4 Å². The average molecular weight is 669 g/mol. The lowest BCUT2D eigenvalue weighted by atomic mass is 10.1. The predicted octanol–water partition coefficient (Wildman–Crippen LogP) is 13.7. The first kappa shape index (κ1) is 44.6. The first-order chi connectivity index (χ1) is 21.7. The van der Waals surface area contributed by atoms with Gasteiger partial charge in [-0.15, -0.1) is 0 Å². The Bertz CT molecular complexity index is 868. The van der Waals surface area contributed by atoms with Crippen molar-refractivity contribution in [2.75, 3.05) is 24.6 Å². The van der Waals surface area contributed by atoms with Crippen LogP contribution in [0.5, 0.6) is 0 Å². The molecule has 0 heterocycles. The molecule has 0 bridgehead atoms. The minimum Gasteiger partial charge on any atom is -0.744 e. The predicted molar refractivity (Wildman–Crippen MR) is 204 cm³/mol. The molecule has 1 aromatic carbocycles. The molecule has 0 saturated carbocycles. The Morgan fingerprint density at radius 3 is 1.07 bits per heavy atom. The van der Waals surface area contributed by atoms with Gasteiger partial charge in [-0.2, -0.15) is 0 Å². The van der Waals surface area contributed by atoms with Crippen LogP contribution < -0.4 is 0 Å². The van der Waals surface area contributed by atoms with Crippen LogP contribution in [-0.4, -0.2) is 37.6 Å².